The van der Waals surface area contributed by atoms with Crippen molar-refractivity contribution in [1.29, 1.82) is 0 Å². The molecule has 0 unspecified atom stereocenters. The molecule has 0 saturated carbocycles. The number of aliphatic carboxylic acids is 1. The van der Waals surface area contributed by atoms with Crippen LogP contribution < -0.4 is 5.11 Å². The number of carbonyl (C=O) groups is 1. The van der Waals surface area contributed by atoms with E-state index in [0.29, 0.717) is 5.02 Å². The number of carboxylic acid groups (broad SMARTS) is 1. The monoisotopic (exact) mass is 360 g/mol. The Hall–Kier alpha value is -1.82. The molecule has 0 aliphatic rings. The predicted molar refractivity (Wildman–Crippen MR) is 96.4 cm³/mol. The molecule has 3 rings (SSSR count). The standard InChI is InChI=1S/C17H12ClNO2S2/c18-12-6-2-1-5-11(12)9-15(22-10-16(20)21)17-19-13-7-3-4-8-14(13)23-17/h1-9H,10H2,(H,20,21)/p-1/b15-9-. The van der Waals surface area contributed by atoms with Crippen LogP contribution in [0.3, 0.4) is 0 Å². The number of hydrogen-bond acceptors (Lipinski definition) is 5. The molecule has 3 nitrogen and oxygen atoms in total. The van der Waals surface area contributed by atoms with E-state index in [2.05, 4.69) is 4.98 Å². The maximum atomic E-state index is 10.8. The quantitative estimate of drug-likeness (QED) is 0.691. The van der Waals surface area contributed by atoms with Crippen LogP contribution in [0.1, 0.15) is 10.6 Å². The second-order valence-corrected chi connectivity index (χ2v) is 7.13. The lowest BCUT2D eigenvalue weighted by molar-refractivity contribution is -0.301. The Morgan fingerprint density at radius 2 is 1.96 bits per heavy atom. The molecule has 0 aliphatic carbocycles. The van der Waals surface area contributed by atoms with Crippen molar-refractivity contribution < 1.29 is 9.90 Å². The van der Waals surface area contributed by atoms with Crippen LogP contribution in [0.15, 0.2) is 48.5 Å². The molecular weight excluding hydrogens is 350 g/mol. The van der Waals surface area contributed by atoms with Crippen LogP contribution in [-0.2, 0) is 4.79 Å². The first-order chi connectivity index (χ1) is 11.1. The number of carboxylic acids is 1. The summed E-state index contributed by atoms with van der Waals surface area (Å²) in [6, 6.07) is 15.2. The van der Waals surface area contributed by atoms with Gasteiger partial charge in [-0.05, 0) is 29.8 Å². The van der Waals surface area contributed by atoms with Crippen molar-refractivity contribution >= 4 is 61.9 Å². The summed E-state index contributed by atoms with van der Waals surface area (Å²) in [6.07, 6.45) is 1.87. The Balaban J connectivity index is 2.04. The van der Waals surface area contributed by atoms with Crippen molar-refractivity contribution in [3.8, 4) is 0 Å². The molecule has 23 heavy (non-hydrogen) atoms. The Bertz CT molecular complexity index is 856. The molecule has 6 heteroatoms. The van der Waals surface area contributed by atoms with E-state index in [1.165, 1.54) is 23.1 Å². The Labute approximate surface area is 146 Å². The van der Waals surface area contributed by atoms with E-state index >= 15 is 0 Å². The van der Waals surface area contributed by atoms with Crippen molar-refractivity contribution in [3.05, 3.63) is 64.1 Å². The SMILES string of the molecule is O=C([O-])CS/C(=C\c1ccccc1Cl)c1nc2ccccc2s1. The van der Waals surface area contributed by atoms with Crippen molar-refractivity contribution in [2.45, 2.75) is 0 Å². The minimum atomic E-state index is -1.11. The average Bonchev–Trinajstić information content (AvgIpc) is 2.96. The number of fused-ring (bicyclic) bond motifs is 1. The lowest BCUT2D eigenvalue weighted by atomic mass is 10.2. The molecule has 116 valence electrons. The summed E-state index contributed by atoms with van der Waals surface area (Å²) in [5.74, 6) is -1.24. The van der Waals surface area contributed by atoms with Gasteiger partial charge in [-0.15, -0.1) is 23.1 Å². The number of hydrogen-bond donors (Lipinski definition) is 0. The van der Waals surface area contributed by atoms with Gasteiger partial charge in [0, 0.05) is 15.7 Å². The maximum Gasteiger partial charge on any atom is 0.131 e. The molecule has 0 fully saturated rings. The largest absolute Gasteiger partial charge is 0.549 e. The number of thiazole rings is 1. The first-order valence-corrected chi connectivity index (χ1v) is 8.96. The van der Waals surface area contributed by atoms with Crippen LogP contribution in [0, 0.1) is 0 Å². The number of thioether (sulfide) groups is 1. The molecule has 0 amide bonds. The van der Waals surface area contributed by atoms with E-state index in [9.17, 15) is 9.90 Å². The summed E-state index contributed by atoms with van der Waals surface area (Å²) in [6.45, 7) is 0. The van der Waals surface area contributed by atoms with E-state index in [1.54, 1.807) is 6.07 Å². The van der Waals surface area contributed by atoms with Gasteiger partial charge in [0.25, 0.3) is 0 Å². The van der Waals surface area contributed by atoms with Crippen molar-refractivity contribution in [2.24, 2.45) is 0 Å². The van der Waals surface area contributed by atoms with Crippen LogP contribution in [0.25, 0.3) is 21.2 Å². The normalized spacial score (nSPS) is 11.8. The first-order valence-electron chi connectivity index (χ1n) is 6.78. The van der Waals surface area contributed by atoms with E-state index in [1.807, 2.05) is 48.5 Å². The number of para-hydroxylation sites is 1. The van der Waals surface area contributed by atoms with Gasteiger partial charge in [0.1, 0.15) is 5.01 Å². The molecule has 0 N–H and O–H groups in total. The van der Waals surface area contributed by atoms with Gasteiger partial charge in [0.05, 0.1) is 16.2 Å². The molecule has 0 saturated heterocycles. The fourth-order valence-electron chi connectivity index (χ4n) is 2.01. The third kappa shape index (κ3) is 3.93. The molecule has 1 aromatic heterocycles. The van der Waals surface area contributed by atoms with Gasteiger partial charge in [-0.1, -0.05) is 41.9 Å². The number of benzene rings is 2. The Morgan fingerprint density at radius 3 is 2.70 bits per heavy atom. The highest BCUT2D eigenvalue weighted by molar-refractivity contribution is 8.09. The molecule has 0 radical (unpaired) electrons. The topological polar surface area (TPSA) is 53.0 Å². The van der Waals surface area contributed by atoms with Crippen molar-refractivity contribution in [1.82, 2.24) is 4.98 Å². The highest BCUT2D eigenvalue weighted by Gasteiger charge is 2.11. The van der Waals surface area contributed by atoms with E-state index in [0.717, 1.165) is 25.7 Å². The molecule has 0 bridgehead atoms. The van der Waals surface area contributed by atoms with Gasteiger partial charge in [-0.3, -0.25) is 0 Å². The highest BCUT2D eigenvalue weighted by Crippen LogP contribution is 2.36. The zero-order valence-electron chi connectivity index (χ0n) is 11.9. The van der Waals surface area contributed by atoms with Gasteiger partial charge in [0.2, 0.25) is 0 Å². The second-order valence-electron chi connectivity index (χ2n) is 4.68. The molecule has 2 aromatic carbocycles. The zero-order chi connectivity index (χ0) is 16.2. The maximum absolute atomic E-state index is 10.8. The number of rotatable bonds is 5. The third-order valence-corrected chi connectivity index (χ3v) is 5.59. The van der Waals surface area contributed by atoms with Crippen LogP contribution in [0.2, 0.25) is 5.02 Å². The van der Waals surface area contributed by atoms with E-state index < -0.39 is 5.97 Å². The number of carbonyl (C=O) groups excluding carboxylic acids is 1. The fraction of sp³-hybridized carbons (Fsp3) is 0.0588. The van der Waals surface area contributed by atoms with E-state index in [-0.39, 0.29) is 5.75 Å². The van der Waals surface area contributed by atoms with Gasteiger partial charge in [-0.25, -0.2) is 4.98 Å². The third-order valence-electron chi connectivity index (χ3n) is 3.04. The minimum Gasteiger partial charge on any atom is -0.549 e. The lowest BCUT2D eigenvalue weighted by Gasteiger charge is -2.06. The van der Waals surface area contributed by atoms with Gasteiger partial charge in [0.15, 0.2) is 0 Å². The van der Waals surface area contributed by atoms with Gasteiger partial charge < -0.3 is 9.90 Å². The van der Waals surface area contributed by atoms with Crippen LogP contribution in [0.4, 0.5) is 0 Å². The summed E-state index contributed by atoms with van der Waals surface area (Å²) in [7, 11) is 0. The molecule has 3 aromatic rings. The zero-order valence-corrected chi connectivity index (χ0v) is 14.3. The molecule has 0 spiro atoms. The van der Waals surface area contributed by atoms with Crippen LogP contribution >= 0.6 is 34.7 Å². The minimum absolute atomic E-state index is 0.133. The Morgan fingerprint density at radius 1 is 1.22 bits per heavy atom. The summed E-state index contributed by atoms with van der Waals surface area (Å²) in [5, 5.41) is 12.2. The number of nitrogens with zero attached hydrogens (tertiary/aromatic N) is 1. The summed E-state index contributed by atoms with van der Waals surface area (Å²) < 4.78 is 1.06. The summed E-state index contributed by atoms with van der Waals surface area (Å²) in [5.41, 5.74) is 1.72. The van der Waals surface area contributed by atoms with Crippen LogP contribution in [0.5, 0.6) is 0 Å². The number of aromatic nitrogens is 1. The summed E-state index contributed by atoms with van der Waals surface area (Å²) in [4.78, 5) is 16.2. The van der Waals surface area contributed by atoms with Crippen molar-refractivity contribution in [3.63, 3.8) is 0 Å². The second kappa shape index (κ2) is 7.17. The average molecular weight is 361 g/mol. The molecule has 0 atom stereocenters. The smallest absolute Gasteiger partial charge is 0.131 e. The fourth-order valence-corrected chi connectivity index (χ4v) is 4.03. The highest BCUT2D eigenvalue weighted by atomic mass is 35.5. The Kier molecular flexibility index (Phi) is 5.00. The van der Waals surface area contributed by atoms with E-state index in [4.69, 9.17) is 11.6 Å². The van der Waals surface area contributed by atoms with Crippen LogP contribution in [-0.4, -0.2) is 16.7 Å². The summed E-state index contributed by atoms with van der Waals surface area (Å²) >= 11 is 8.91. The van der Waals surface area contributed by atoms with Crippen molar-refractivity contribution in [2.75, 3.05) is 5.75 Å². The van der Waals surface area contributed by atoms with Gasteiger partial charge >= 0.3 is 0 Å². The first kappa shape index (κ1) is 16.1. The van der Waals surface area contributed by atoms with Gasteiger partial charge in [-0.2, -0.15) is 0 Å². The lowest BCUT2D eigenvalue weighted by Crippen LogP contribution is -2.24. The molecular formula is C17H11ClNO2S2-. The molecule has 0 aliphatic heterocycles. The molecule has 1 heterocycles. The number of halogens is 1. The predicted octanol–water partition coefficient (Wildman–Crippen LogP) is 3.93.